The van der Waals surface area contributed by atoms with E-state index in [-0.39, 0.29) is 17.9 Å². The molecule has 2 unspecified atom stereocenters. The monoisotopic (exact) mass is 481 g/mol. The second-order valence-corrected chi connectivity index (χ2v) is 10.2. The second-order valence-electron chi connectivity index (χ2n) is 10.2. The smallest absolute Gasteiger partial charge is 0.408 e. The Kier molecular flexibility index (Phi) is 9.46. The summed E-state index contributed by atoms with van der Waals surface area (Å²) >= 11 is 0. The molecule has 0 aliphatic heterocycles. The van der Waals surface area contributed by atoms with Crippen molar-refractivity contribution in [3.63, 3.8) is 0 Å². The number of alkyl carbamates (subject to hydrolysis) is 1. The van der Waals surface area contributed by atoms with Gasteiger partial charge in [-0.15, -0.1) is 0 Å². The van der Waals surface area contributed by atoms with Crippen LogP contribution in [0.3, 0.4) is 0 Å². The van der Waals surface area contributed by atoms with Crippen LogP contribution in [0.25, 0.3) is 0 Å². The first kappa shape index (κ1) is 27.9. The van der Waals surface area contributed by atoms with Gasteiger partial charge in [0, 0.05) is 12.6 Å². The summed E-state index contributed by atoms with van der Waals surface area (Å²) in [6.07, 6.45) is -0.682. The molecule has 2 atom stereocenters. The van der Waals surface area contributed by atoms with Crippen LogP contribution < -0.4 is 10.6 Å². The molecule has 7 heteroatoms. The van der Waals surface area contributed by atoms with E-state index in [1.807, 2.05) is 76.2 Å². The lowest BCUT2D eigenvalue weighted by molar-refractivity contribution is -0.144. The number of nitrogens with one attached hydrogen (secondary N) is 2. The summed E-state index contributed by atoms with van der Waals surface area (Å²) in [6, 6.07) is 13.4. The topological polar surface area (TPSA) is 87.7 Å². The molecule has 0 heterocycles. The average molecular weight is 482 g/mol. The number of amides is 3. The van der Waals surface area contributed by atoms with Crippen molar-refractivity contribution in [3.8, 4) is 0 Å². The van der Waals surface area contributed by atoms with Crippen LogP contribution in [0.15, 0.2) is 48.5 Å². The van der Waals surface area contributed by atoms with Gasteiger partial charge in [0.25, 0.3) is 0 Å². The van der Waals surface area contributed by atoms with E-state index in [0.29, 0.717) is 6.54 Å². The molecule has 0 radical (unpaired) electrons. The maximum atomic E-state index is 13.6. The highest BCUT2D eigenvalue weighted by molar-refractivity contribution is 5.92. The summed E-state index contributed by atoms with van der Waals surface area (Å²) in [4.78, 5) is 41.1. The zero-order valence-corrected chi connectivity index (χ0v) is 22.1. The predicted octanol–water partition coefficient (Wildman–Crippen LogP) is 4.81. The minimum Gasteiger partial charge on any atom is -0.444 e. The lowest BCUT2D eigenvalue weighted by atomic mass is 9.95. The number of ether oxygens (including phenoxy) is 1. The van der Waals surface area contributed by atoms with E-state index < -0.39 is 23.8 Å². The first-order chi connectivity index (χ1) is 16.3. The fourth-order valence-corrected chi connectivity index (χ4v) is 3.88. The molecule has 35 heavy (non-hydrogen) atoms. The van der Waals surface area contributed by atoms with E-state index in [9.17, 15) is 14.4 Å². The van der Waals surface area contributed by atoms with Crippen LogP contribution in [0.4, 0.5) is 4.79 Å². The molecule has 2 rings (SSSR count). The van der Waals surface area contributed by atoms with Crippen molar-refractivity contribution in [1.29, 1.82) is 0 Å². The summed E-state index contributed by atoms with van der Waals surface area (Å²) in [5, 5.41) is 5.61. The molecule has 2 aromatic carbocycles. The van der Waals surface area contributed by atoms with Gasteiger partial charge in [0.1, 0.15) is 17.7 Å². The molecule has 0 fully saturated rings. The van der Waals surface area contributed by atoms with Crippen LogP contribution in [-0.2, 0) is 20.9 Å². The van der Waals surface area contributed by atoms with E-state index in [2.05, 4.69) is 10.6 Å². The Hall–Kier alpha value is -3.35. The van der Waals surface area contributed by atoms with Crippen molar-refractivity contribution in [1.82, 2.24) is 15.5 Å². The number of nitrogens with zero attached hydrogens (tertiary/aromatic N) is 1. The Morgan fingerprint density at radius 3 is 2.14 bits per heavy atom. The van der Waals surface area contributed by atoms with Gasteiger partial charge in [0.2, 0.25) is 11.8 Å². The number of carbonyl (C=O) groups is 3. The van der Waals surface area contributed by atoms with Crippen LogP contribution >= 0.6 is 0 Å². The highest BCUT2D eigenvalue weighted by Gasteiger charge is 2.36. The molecule has 2 N–H and O–H groups in total. The van der Waals surface area contributed by atoms with Crippen LogP contribution in [0, 0.1) is 13.8 Å². The minimum absolute atomic E-state index is 0.285. The summed E-state index contributed by atoms with van der Waals surface area (Å²) in [5.41, 5.74) is 2.99. The van der Waals surface area contributed by atoms with Gasteiger partial charge in [-0.25, -0.2) is 4.79 Å². The van der Waals surface area contributed by atoms with E-state index in [4.69, 9.17) is 4.74 Å². The highest BCUT2D eigenvalue weighted by Crippen LogP contribution is 2.28. The molecule has 0 aliphatic rings. The number of aryl methyl sites for hydroxylation is 2. The maximum absolute atomic E-state index is 13.6. The van der Waals surface area contributed by atoms with Gasteiger partial charge in [-0.05, 0) is 72.1 Å². The fourth-order valence-electron chi connectivity index (χ4n) is 3.88. The summed E-state index contributed by atoms with van der Waals surface area (Å²) < 4.78 is 5.31. The molecule has 2 aromatic rings. The molecule has 0 bridgehead atoms. The minimum atomic E-state index is -0.887. The summed E-state index contributed by atoms with van der Waals surface area (Å²) in [5.74, 6) is -0.655. The molecule has 7 nitrogen and oxygen atoms in total. The normalized spacial score (nSPS) is 13.1. The lowest BCUT2D eigenvalue weighted by Crippen LogP contribution is -2.54. The van der Waals surface area contributed by atoms with Crippen molar-refractivity contribution in [3.05, 3.63) is 70.8 Å². The Bertz CT molecular complexity index is 1030. The first-order valence-electron chi connectivity index (χ1n) is 12.0. The average Bonchev–Trinajstić information content (AvgIpc) is 2.75. The third kappa shape index (κ3) is 8.12. The van der Waals surface area contributed by atoms with Gasteiger partial charge in [-0.1, -0.05) is 54.1 Å². The van der Waals surface area contributed by atoms with Gasteiger partial charge in [-0.3, -0.25) is 9.59 Å². The highest BCUT2D eigenvalue weighted by atomic mass is 16.6. The molecule has 0 aromatic heterocycles. The first-order valence-corrected chi connectivity index (χ1v) is 12.0. The molecular weight excluding hydrogens is 442 g/mol. The Labute approximate surface area is 209 Å². The molecular formula is C28H39N3O4. The fraction of sp³-hybridized carbons (Fsp3) is 0.464. The summed E-state index contributed by atoms with van der Waals surface area (Å²) in [6.45, 7) is 14.9. The number of rotatable bonds is 8. The molecule has 3 amide bonds. The quantitative estimate of drug-likeness (QED) is 0.566. The molecule has 0 saturated heterocycles. The Morgan fingerprint density at radius 2 is 1.60 bits per heavy atom. The van der Waals surface area contributed by atoms with E-state index in [1.54, 1.807) is 32.6 Å². The molecule has 0 aliphatic carbocycles. The van der Waals surface area contributed by atoms with Crippen molar-refractivity contribution in [2.45, 2.75) is 85.7 Å². The van der Waals surface area contributed by atoms with Crippen molar-refractivity contribution >= 4 is 17.9 Å². The van der Waals surface area contributed by atoms with E-state index in [0.717, 1.165) is 22.3 Å². The third-order valence-electron chi connectivity index (χ3n) is 5.47. The van der Waals surface area contributed by atoms with Crippen LogP contribution in [0.5, 0.6) is 0 Å². The van der Waals surface area contributed by atoms with Crippen molar-refractivity contribution < 1.29 is 19.1 Å². The van der Waals surface area contributed by atoms with Crippen molar-refractivity contribution in [2.24, 2.45) is 0 Å². The lowest BCUT2D eigenvalue weighted by Gasteiger charge is -2.37. The molecule has 0 spiro atoms. The third-order valence-corrected chi connectivity index (χ3v) is 5.47. The largest absolute Gasteiger partial charge is 0.444 e. The predicted molar refractivity (Wildman–Crippen MR) is 138 cm³/mol. The maximum Gasteiger partial charge on any atom is 0.408 e. The van der Waals surface area contributed by atoms with Crippen molar-refractivity contribution in [2.75, 3.05) is 0 Å². The second kappa shape index (κ2) is 11.9. The van der Waals surface area contributed by atoms with Crippen LogP contribution in [-0.4, -0.2) is 40.5 Å². The zero-order chi connectivity index (χ0) is 26.3. The molecule has 190 valence electrons. The van der Waals surface area contributed by atoms with Gasteiger partial charge in [0.05, 0.1) is 0 Å². The van der Waals surface area contributed by atoms with Crippen LogP contribution in [0.1, 0.15) is 69.8 Å². The Balaban J connectivity index is 2.38. The van der Waals surface area contributed by atoms with Gasteiger partial charge in [0.15, 0.2) is 0 Å². The number of hydrogen-bond donors (Lipinski definition) is 2. The standard InChI is InChI=1S/C28H39N3O4/c1-18(2)31(26(33)21(5)30-27(34)35-28(6,7)8)24(23-15-14-19(3)16-20(23)4)25(32)29-17-22-12-10-9-11-13-22/h9-16,18,21,24H,17H2,1-8H3,(H,29,32)(H,30,34). The SMILES string of the molecule is Cc1ccc(C(C(=O)NCc2ccccc2)N(C(=O)C(C)NC(=O)OC(C)(C)C)C(C)C)c(C)c1. The van der Waals surface area contributed by atoms with E-state index in [1.165, 1.54) is 0 Å². The molecule has 0 saturated carbocycles. The summed E-state index contributed by atoms with van der Waals surface area (Å²) in [7, 11) is 0. The number of hydrogen-bond acceptors (Lipinski definition) is 4. The Morgan fingerprint density at radius 1 is 0.971 bits per heavy atom. The van der Waals surface area contributed by atoms with Crippen LogP contribution in [0.2, 0.25) is 0 Å². The zero-order valence-electron chi connectivity index (χ0n) is 22.1. The number of carbonyl (C=O) groups excluding carboxylic acids is 3. The van der Waals surface area contributed by atoms with Gasteiger partial charge >= 0.3 is 6.09 Å². The van der Waals surface area contributed by atoms with Gasteiger partial charge < -0.3 is 20.3 Å². The number of benzene rings is 2. The van der Waals surface area contributed by atoms with Gasteiger partial charge in [-0.2, -0.15) is 0 Å². The van der Waals surface area contributed by atoms with E-state index >= 15 is 0 Å².